The van der Waals surface area contributed by atoms with Gasteiger partial charge in [-0.1, -0.05) is 34.8 Å². The Morgan fingerprint density at radius 2 is 1.78 bits per heavy atom. The SMILES string of the molecule is [2H]C1=C(Cl)[C@@]2(Cl)[C@@H]3[C@@H]4C[C@@H]([C@H]5O[C@@H]45)[C@@H]3[C@]1(Cl)C2(Cl)Cl. The van der Waals surface area contributed by atoms with Gasteiger partial charge < -0.3 is 4.74 Å². The molecular weight excluding hydrogens is 337 g/mol. The molecule has 0 aromatic rings. The molecule has 1 heterocycles. The zero-order valence-electron chi connectivity index (χ0n) is 9.97. The highest BCUT2D eigenvalue weighted by molar-refractivity contribution is 6.62. The second kappa shape index (κ2) is 2.87. The second-order valence-corrected chi connectivity index (χ2v) is 9.01. The Kier molecular flexibility index (Phi) is 1.72. The van der Waals surface area contributed by atoms with Crippen LogP contribution >= 0.6 is 58.0 Å². The summed E-state index contributed by atoms with van der Waals surface area (Å²) in [5.74, 6) is 0.624. The van der Waals surface area contributed by atoms with Gasteiger partial charge in [0, 0.05) is 5.03 Å². The van der Waals surface area contributed by atoms with E-state index in [0.717, 1.165) is 6.42 Å². The highest BCUT2D eigenvalue weighted by Gasteiger charge is 2.87. The standard InChI is InChI=1S/C12H9Cl5O/c13-5-2-10(14)6-3-1-4(9-8(3)18-9)7(6)11(5,15)12(10,16)17/h2-4,6-9H,1H2/t3-,4+,6+,7-,8-,9+,10+,11-/m1/s1/i2D. The number of halogens is 5. The average Bonchev–Trinajstić information content (AvgIpc) is 2.91. The first-order valence-electron chi connectivity index (χ1n) is 6.56. The minimum absolute atomic E-state index is 0.00887. The van der Waals surface area contributed by atoms with Crippen LogP contribution in [0.25, 0.3) is 0 Å². The van der Waals surface area contributed by atoms with Crippen LogP contribution in [-0.4, -0.2) is 26.3 Å². The van der Waals surface area contributed by atoms with Gasteiger partial charge in [0.15, 0.2) is 4.33 Å². The predicted molar refractivity (Wildman–Crippen MR) is 72.8 cm³/mol. The molecule has 4 aliphatic carbocycles. The number of alkyl halides is 4. The number of epoxide rings is 1. The lowest BCUT2D eigenvalue weighted by Gasteiger charge is -2.36. The van der Waals surface area contributed by atoms with Crippen LogP contribution in [0.2, 0.25) is 0 Å². The zero-order chi connectivity index (χ0) is 13.5. The number of fused-ring (bicyclic) bond motifs is 12. The third-order valence-electron chi connectivity index (χ3n) is 5.70. The number of hydrogen-bond donors (Lipinski definition) is 0. The average molecular weight is 347 g/mol. The molecule has 0 unspecified atom stereocenters. The normalized spacial score (nSPS) is 70.4. The van der Waals surface area contributed by atoms with Crippen molar-refractivity contribution < 1.29 is 6.11 Å². The van der Waals surface area contributed by atoms with Gasteiger partial charge in [-0.15, -0.1) is 23.2 Å². The third-order valence-corrected chi connectivity index (χ3v) is 9.13. The molecule has 0 N–H and O–H groups in total. The van der Waals surface area contributed by atoms with E-state index in [0.29, 0.717) is 11.8 Å². The summed E-state index contributed by atoms with van der Waals surface area (Å²) in [5.41, 5.74) is 0. The van der Waals surface area contributed by atoms with Gasteiger partial charge in [0.05, 0.1) is 13.6 Å². The quantitative estimate of drug-likeness (QED) is 0.368. The molecule has 4 bridgehead atoms. The van der Waals surface area contributed by atoms with Crippen LogP contribution in [-0.2, 0) is 4.74 Å². The highest BCUT2D eigenvalue weighted by Crippen LogP contribution is 2.82. The molecule has 1 saturated heterocycles. The maximum Gasteiger partial charge on any atom is 0.165 e. The van der Waals surface area contributed by atoms with Gasteiger partial charge in [0.25, 0.3) is 0 Å². The van der Waals surface area contributed by atoms with E-state index in [4.69, 9.17) is 64.1 Å². The van der Waals surface area contributed by atoms with Crippen molar-refractivity contribution in [3.8, 4) is 0 Å². The van der Waals surface area contributed by atoms with E-state index in [1.807, 2.05) is 0 Å². The first kappa shape index (κ1) is 10.8. The number of allylic oxidation sites excluding steroid dienone is 2. The van der Waals surface area contributed by atoms with Gasteiger partial charge in [0.2, 0.25) is 0 Å². The number of ether oxygens (including phenoxy) is 1. The first-order chi connectivity index (χ1) is 8.78. The molecule has 3 saturated carbocycles. The van der Waals surface area contributed by atoms with E-state index in [-0.39, 0.29) is 35.1 Å². The molecule has 1 aliphatic heterocycles. The van der Waals surface area contributed by atoms with Crippen molar-refractivity contribution in [3.05, 3.63) is 11.1 Å². The largest absolute Gasteiger partial charge is 0.369 e. The van der Waals surface area contributed by atoms with Crippen molar-refractivity contribution >= 4 is 58.0 Å². The molecule has 5 aliphatic rings. The lowest BCUT2D eigenvalue weighted by atomic mass is 9.73. The topological polar surface area (TPSA) is 12.5 Å². The number of rotatable bonds is 0. The summed E-state index contributed by atoms with van der Waals surface area (Å²) in [4.78, 5) is -2.33. The number of hydrogen-bond acceptors (Lipinski definition) is 1. The predicted octanol–water partition coefficient (Wildman–Crippen LogP) is 3.91. The molecule has 4 fully saturated rings. The zero-order valence-corrected chi connectivity index (χ0v) is 12.7. The van der Waals surface area contributed by atoms with Crippen molar-refractivity contribution in [2.75, 3.05) is 0 Å². The Morgan fingerprint density at radius 1 is 1.17 bits per heavy atom. The second-order valence-electron chi connectivity index (χ2n) is 6.12. The maximum atomic E-state index is 8.24. The minimum atomic E-state index is -1.43. The summed E-state index contributed by atoms with van der Waals surface area (Å²) in [6.45, 7) is 0. The van der Waals surface area contributed by atoms with E-state index in [9.17, 15) is 0 Å². The lowest BCUT2D eigenvalue weighted by Crippen LogP contribution is -2.46. The summed E-state index contributed by atoms with van der Waals surface area (Å²) in [6, 6.07) is 0.0989. The van der Waals surface area contributed by atoms with Crippen molar-refractivity contribution in [2.45, 2.75) is 32.7 Å². The Labute approximate surface area is 131 Å². The molecule has 0 amide bonds. The first-order valence-corrected chi connectivity index (χ1v) is 7.95. The summed E-state index contributed by atoms with van der Waals surface area (Å²) in [7, 11) is 0. The third kappa shape index (κ3) is 0.859. The van der Waals surface area contributed by atoms with Gasteiger partial charge in [-0.3, -0.25) is 0 Å². The van der Waals surface area contributed by atoms with Crippen LogP contribution in [0.3, 0.4) is 0 Å². The monoisotopic (exact) mass is 345 g/mol. The van der Waals surface area contributed by atoms with Crippen LogP contribution in [0.1, 0.15) is 7.79 Å². The van der Waals surface area contributed by atoms with E-state index >= 15 is 0 Å². The van der Waals surface area contributed by atoms with Crippen LogP contribution in [0.15, 0.2) is 11.1 Å². The van der Waals surface area contributed by atoms with E-state index in [2.05, 4.69) is 0 Å². The van der Waals surface area contributed by atoms with Crippen LogP contribution in [0, 0.1) is 23.7 Å². The Bertz CT molecular complexity index is 520. The van der Waals surface area contributed by atoms with Crippen LogP contribution in [0.5, 0.6) is 0 Å². The van der Waals surface area contributed by atoms with Gasteiger partial charge in [-0.05, 0) is 36.1 Å². The Hall–Kier alpha value is 1.15. The Morgan fingerprint density at radius 3 is 2.44 bits per heavy atom. The fourth-order valence-corrected chi connectivity index (χ4v) is 7.54. The Balaban J connectivity index is 1.80. The van der Waals surface area contributed by atoms with Gasteiger partial charge >= 0.3 is 0 Å². The van der Waals surface area contributed by atoms with E-state index in [1.165, 1.54) is 0 Å². The molecule has 5 rings (SSSR count). The lowest BCUT2D eigenvalue weighted by molar-refractivity contribution is 0.237. The van der Waals surface area contributed by atoms with Crippen LogP contribution in [0.4, 0.5) is 0 Å². The van der Waals surface area contributed by atoms with Crippen LogP contribution < -0.4 is 0 Å². The molecule has 18 heavy (non-hydrogen) atoms. The van der Waals surface area contributed by atoms with Crippen molar-refractivity contribution in [1.29, 1.82) is 0 Å². The van der Waals surface area contributed by atoms with E-state index in [1.54, 1.807) is 0 Å². The van der Waals surface area contributed by atoms with Crippen molar-refractivity contribution in [1.82, 2.24) is 0 Å². The van der Waals surface area contributed by atoms with Gasteiger partial charge in [-0.2, -0.15) is 0 Å². The summed E-state index contributed by atoms with van der Waals surface area (Å²) in [6.07, 6.45) is 1.57. The van der Waals surface area contributed by atoms with Crippen molar-refractivity contribution in [3.63, 3.8) is 0 Å². The molecule has 0 aromatic heterocycles. The highest BCUT2D eigenvalue weighted by atomic mass is 35.5. The van der Waals surface area contributed by atoms with Crippen molar-refractivity contribution in [2.24, 2.45) is 23.7 Å². The van der Waals surface area contributed by atoms with Gasteiger partial charge in [-0.25, -0.2) is 0 Å². The molecule has 98 valence electrons. The smallest absolute Gasteiger partial charge is 0.165 e. The summed E-state index contributed by atoms with van der Waals surface area (Å²) in [5, 5.41) is 0.222. The molecule has 0 radical (unpaired) electrons. The molecule has 1 nitrogen and oxygen atoms in total. The molecule has 0 spiro atoms. The molecule has 8 atom stereocenters. The molecule has 6 heteroatoms. The molecular formula is C12H9Cl5O. The molecule has 0 aromatic carbocycles. The van der Waals surface area contributed by atoms with Gasteiger partial charge in [0.1, 0.15) is 9.75 Å². The minimum Gasteiger partial charge on any atom is -0.369 e. The fourth-order valence-electron chi connectivity index (χ4n) is 5.11. The summed E-state index contributed by atoms with van der Waals surface area (Å²) >= 11 is 32.9. The fraction of sp³-hybridized carbons (Fsp3) is 0.833. The van der Waals surface area contributed by atoms with E-state index < -0.39 is 14.1 Å². The maximum absolute atomic E-state index is 8.24. The summed E-state index contributed by atoms with van der Waals surface area (Å²) < 4.78 is 12.5.